The zero-order valence-corrected chi connectivity index (χ0v) is 22.1. The molecule has 0 aliphatic carbocycles. The van der Waals surface area contributed by atoms with Crippen molar-refractivity contribution in [2.24, 2.45) is 13.0 Å². The first kappa shape index (κ1) is 27.6. The highest BCUT2D eigenvalue weighted by Crippen LogP contribution is 2.27. The number of halogens is 1. The first-order valence-corrected chi connectivity index (χ1v) is 12.5. The van der Waals surface area contributed by atoms with E-state index in [-0.39, 0.29) is 36.1 Å². The monoisotopic (exact) mass is 535 g/mol. The smallest absolute Gasteiger partial charge is 0.358 e. The minimum absolute atomic E-state index is 0.0276. The van der Waals surface area contributed by atoms with E-state index in [1.54, 1.807) is 19.9 Å². The lowest BCUT2D eigenvalue weighted by atomic mass is 10.0. The normalized spacial score (nSPS) is 12.9. The Bertz CT molecular complexity index is 1520. The first-order valence-electron chi connectivity index (χ1n) is 12.5. The van der Waals surface area contributed by atoms with E-state index in [4.69, 9.17) is 9.15 Å². The second-order valence-electron chi connectivity index (χ2n) is 9.77. The summed E-state index contributed by atoms with van der Waals surface area (Å²) in [5, 5.41) is 13.3. The molecule has 1 amide bonds. The highest BCUT2D eigenvalue weighted by molar-refractivity contribution is 5.87. The summed E-state index contributed by atoms with van der Waals surface area (Å²) in [6, 6.07) is 12.5. The number of esters is 1. The van der Waals surface area contributed by atoms with E-state index in [0.717, 1.165) is 16.5 Å². The molecule has 4 aromatic rings. The lowest BCUT2D eigenvalue weighted by molar-refractivity contribution is -0.158. The van der Waals surface area contributed by atoms with Gasteiger partial charge in [-0.2, -0.15) is 0 Å². The van der Waals surface area contributed by atoms with Gasteiger partial charge in [0.25, 0.3) is 5.91 Å². The largest absolute Gasteiger partial charge is 0.476 e. The van der Waals surface area contributed by atoms with Crippen molar-refractivity contribution in [2.45, 2.75) is 45.8 Å². The van der Waals surface area contributed by atoms with Crippen LogP contribution >= 0.6 is 0 Å². The van der Waals surface area contributed by atoms with Crippen LogP contribution in [-0.2, 0) is 34.2 Å². The number of nitrogens with zero attached hydrogens (tertiary/aromatic N) is 2. The number of aromatic carboxylic acids is 1. The fourth-order valence-corrected chi connectivity index (χ4v) is 4.52. The zero-order chi connectivity index (χ0) is 28.3. The van der Waals surface area contributed by atoms with E-state index in [1.807, 2.05) is 42.1 Å². The van der Waals surface area contributed by atoms with Crippen LogP contribution in [0.5, 0.6) is 0 Å². The van der Waals surface area contributed by atoms with Gasteiger partial charge < -0.3 is 24.1 Å². The van der Waals surface area contributed by atoms with Crippen molar-refractivity contribution in [3.63, 3.8) is 0 Å². The average molecular weight is 536 g/mol. The molecule has 2 aromatic carbocycles. The maximum atomic E-state index is 13.5. The number of fused-ring (bicyclic) bond motifs is 1. The molecule has 0 unspecified atom stereocenters. The minimum Gasteiger partial charge on any atom is -0.476 e. The lowest BCUT2D eigenvalue weighted by Gasteiger charge is -2.23. The minimum atomic E-state index is -1.25. The number of aryl methyl sites for hydroxylation is 2. The summed E-state index contributed by atoms with van der Waals surface area (Å²) in [5.41, 5.74) is 2.05. The van der Waals surface area contributed by atoms with E-state index < -0.39 is 35.8 Å². The third-order valence-corrected chi connectivity index (χ3v) is 6.39. The first-order chi connectivity index (χ1) is 18.5. The van der Waals surface area contributed by atoms with Crippen molar-refractivity contribution in [1.82, 2.24) is 14.9 Å². The van der Waals surface area contributed by atoms with Gasteiger partial charge in [0, 0.05) is 30.6 Å². The molecule has 0 radical (unpaired) electrons. The van der Waals surface area contributed by atoms with Crippen LogP contribution in [0.2, 0.25) is 0 Å². The number of hydrogen-bond acceptors (Lipinski definition) is 6. The molecule has 2 aromatic heterocycles. The van der Waals surface area contributed by atoms with Gasteiger partial charge in [-0.05, 0) is 42.2 Å². The van der Waals surface area contributed by atoms with E-state index in [9.17, 15) is 23.9 Å². The second kappa shape index (κ2) is 11.5. The van der Waals surface area contributed by atoms with E-state index >= 15 is 0 Å². The molecule has 204 valence electrons. The molecule has 0 bridgehead atoms. The Labute approximate surface area is 224 Å². The van der Waals surface area contributed by atoms with Crippen LogP contribution in [0.15, 0.2) is 59.1 Å². The Morgan fingerprint density at radius 3 is 2.56 bits per heavy atom. The zero-order valence-electron chi connectivity index (χ0n) is 22.1. The highest BCUT2D eigenvalue weighted by atomic mass is 19.1. The second-order valence-corrected chi connectivity index (χ2v) is 9.77. The molecule has 2 N–H and O–H groups in total. The molecule has 39 heavy (non-hydrogen) atoms. The number of ether oxygens (including phenoxy) is 1. The summed E-state index contributed by atoms with van der Waals surface area (Å²) >= 11 is 0. The number of aromatic nitrogens is 2. The van der Waals surface area contributed by atoms with Crippen LogP contribution in [0.3, 0.4) is 0 Å². The maximum Gasteiger partial charge on any atom is 0.358 e. The third-order valence-electron chi connectivity index (χ3n) is 6.39. The Morgan fingerprint density at radius 1 is 1.15 bits per heavy atom. The SMILES string of the molecule is Cc1oc([C@@H](Cc2cn(C)c3ccccc23)NC(=O)[C@@H](OC(=O)Cc2cccc(F)c2)C(C)C)nc1C(=O)O. The molecule has 0 aliphatic rings. The van der Waals surface area contributed by atoms with Gasteiger partial charge >= 0.3 is 11.9 Å². The number of nitrogens with one attached hydrogen (secondary N) is 1. The molecule has 2 heterocycles. The number of oxazole rings is 1. The number of carbonyl (C=O) groups is 3. The Balaban J connectivity index is 1.60. The number of para-hydroxylation sites is 1. The summed E-state index contributed by atoms with van der Waals surface area (Å²) in [5.74, 6) is -3.24. The van der Waals surface area contributed by atoms with Crippen molar-refractivity contribution in [1.29, 1.82) is 0 Å². The number of hydrogen-bond donors (Lipinski definition) is 2. The molecule has 10 heteroatoms. The van der Waals surface area contributed by atoms with Crippen LogP contribution in [0, 0.1) is 18.7 Å². The standard InChI is InChI=1S/C29H30FN3O6/c1-16(2)26(39-24(34)13-18-8-7-9-20(30)12-18)27(35)31-22(28-32-25(29(36)37)17(3)38-28)14-19-15-33(4)23-11-6-5-10-21(19)23/h5-12,15-16,22,26H,13-14H2,1-4H3,(H,31,35)(H,36,37)/t22-,26+/m1/s1. The quantitative estimate of drug-likeness (QED) is 0.286. The van der Waals surface area contributed by atoms with E-state index in [1.165, 1.54) is 25.1 Å². The van der Waals surface area contributed by atoms with Gasteiger partial charge in [-0.3, -0.25) is 9.59 Å². The lowest BCUT2D eigenvalue weighted by Crippen LogP contribution is -2.43. The number of carboxylic acid groups (broad SMARTS) is 1. The van der Waals surface area contributed by atoms with Crippen LogP contribution in [0.1, 0.15) is 53.2 Å². The summed E-state index contributed by atoms with van der Waals surface area (Å²) in [4.78, 5) is 41.9. The van der Waals surface area contributed by atoms with Crippen molar-refractivity contribution < 1.29 is 33.0 Å². The van der Waals surface area contributed by atoms with E-state index in [0.29, 0.717) is 5.56 Å². The van der Waals surface area contributed by atoms with Gasteiger partial charge in [0.1, 0.15) is 17.6 Å². The van der Waals surface area contributed by atoms with Crippen LogP contribution in [-0.4, -0.2) is 38.6 Å². The highest BCUT2D eigenvalue weighted by Gasteiger charge is 2.32. The fraction of sp³-hybridized carbons (Fsp3) is 0.310. The van der Waals surface area contributed by atoms with Gasteiger partial charge in [0.2, 0.25) is 5.89 Å². The van der Waals surface area contributed by atoms with Gasteiger partial charge in [0.15, 0.2) is 11.8 Å². The Kier molecular flexibility index (Phi) is 8.13. The predicted octanol–water partition coefficient (Wildman–Crippen LogP) is 4.52. The molecular formula is C29H30FN3O6. The van der Waals surface area contributed by atoms with Gasteiger partial charge in [-0.1, -0.05) is 44.2 Å². The van der Waals surface area contributed by atoms with E-state index in [2.05, 4.69) is 10.3 Å². The number of carboxylic acids is 1. The summed E-state index contributed by atoms with van der Waals surface area (Å²) in [6.07, 6.45) is 0.815. The van der Waals surface area contributed by atoms with Crippen molar-refractivity contribution in [3.05, 3.63) is 89.0 Å². The molecule has 2 atom stereocenters. The fourth-order valence-electron chi connectivity index (χ4n) is 4.52. The average Bonchev–Trinajstić information content (AvgIpc) is 3.42. The van der Waals surface area contributed by atoms with Crippen molar-refractivity contribution in [2.75, 3.05) is 0 Å². The van der Waals surface area contributed by atoms with Crippen LogP contribution < -0.4 is 5.32 Å². The maximum absolute atomic E-state index is 13.5. The summed E-state index contributed by atoms with van der Waals surface area (Å²) in [6.45, 7) is 4.95. The van der Waals surface area contributed by atoms with Crippen LogP contribution in [0.4, 0.5) is 4.39 Å². The van der Waals surface area contributed by atoms with Crippen molar-refractivity contribution in [3.8, 4) is 0 Å². The molecule has 0 fully saturated rings. The molecule has 0 saturated carbocycles. The Hall–Kier alpha value is -4.47. The molecule has 0 aliphatic heterocycles. The van der Waals surface area contributed by atoms with Gasteiger partial charge in [-0.15, -0.1) is 0 Å². The topological polar surface area (TPSA) is 124 Å². The predicted molar refractivity (Wildman–Crippen MR) is 141 cm³/mol. The number of carbonyl (C=O) groups excluding carboxylic acids is 2. The molecular weight excluding hydrogens is 505 g/mol. The summed E-state index contributed by atoms with van der Waals surface area (Å²) in [7, 11) is 1.91. The van der Waals surface area contributed by atoms with Gasteiger partial charge in [-0.25, -0.2) is 14.2 Å². The summed E-state index contributed by atoms with van der Waals surface area (Å²) < 4.78 is 26.7. The number of rotatable bonds is 10. The molecule has 0 saturated heterocycles. The Morgan fingerprint density at radius 2 is 1.90 bits per heavy atom. The molecule has 4 rings (SSSR count). The molecule has 9 nitrogen and oxygen atoms in total. The number of benzene rings is 2. The third kappa shape index (κ3) is 6.34. The van der Waals surface area contributed by atoms with Crippen LogP contribution in [0.25, 0.3) is 10.9 Å². The number of amides is 1. The van der Waals surface area contributed by atoms with Gasteiger partial charge in [0.05, 0.1) is 6.42 Å². The van der Waals surface area contributed by atoms with Crippen molar-refractivity contribution >= 4 is 28.7 Å². The molecule has 0 spiro atoms.